The molecule has 0 aliphatic heterocycles. The van der Waals surface area contributed by atoms with Crippen molar-refractivity contribution in [3.63, 3.8) is 0 Å². The highest BCUT2D eigenvalue weighted by Crippen LogP contribution is 2.18. The number of rotatable bonds is 2. The van der Waals surface area contributed by atoms with Crippen molar-refractivity contribution < 1.29 is 19.5 Å². The lowest BCUT2D eigenvalue weighted by molar-refractivity contribution is -0.131. The third-order valence-corrected chi connectivity index (χ3v) is 1.64. The van der Waals surface area contributed by atoms with Crippen LogP contribution in [0.4, 0.5) is 5.69 Å². The Labute approximate surface area is 86.8 Å². The van der Waals surface area contributed by atoms with Gasteiger partial charge in [-0.15, -0.1) is 0 Å². The zero-order valence-electron chi connectivity index (χ0n) is 8.43. The molecule has 15 heavy (non-hydrogen) atoms. The number of benzene rings is 1. The molecule has 0 saturated heterocycles. The summed E-state index contributed by atoms with van der Waals surface area (Å²) in [4.78, 5) is 21.4. The second-order valence-electron chi connectivity index (χ2n) is 2.92. The molecule has 0 aliphatic carbocycles. The second kappa shape index (κ2) is 4.56. The minimum absolute atomic E-state index is 0.318. The number of anilines is 1. The van der Waals surface area contributed by atoms with Gasteiger partial charge >= 0.3 is 5.97 Å². The Bertz CT molecular complexity index is 372. The van der Waals surface area contributed by atoms with Crippen molar-refractivity contribution >= 4 is 17.6 Å². The highest BCUT2D eigenvalue weighted by molar-refractivity contribution is 5.88. The van der Waals surface area contributed by atoms with Gasteiger partial charge in [-0.25, -0.2) is 0 Å². The summed E-state index contributed by atoms with van der Waals surface area (Å²) in [6.45, 7) is 2.53. The fourth-order valence-electron chi connectivity index (χ4n) is 1.00. The SMILES string of the molecule is CC(=O)Oc1ccc(N(O)C(C)=O)cc1. The molecule has 0 atom stereocenters. The number of hydrogen-bond donors (Lipinski definition) is 1. The van der Waals surface area contributed by atoms with Gasteiger partial charge < -0.3 is 4.74 Å². The van der Waals surface area contributed by atoms with E-state index in [0.717, 1.165) is 0 Å². The average molecular weight is 209 g/mol. The fraction of sp³-hybridized carbons (Fsp3) is 0.200. The van der Waals surface area contributed by atoms with Gasteiger partial charge in [-0.1, -0.05) is 0 Å². The van der Waals surface area contributed by atoms with Crippen LogP contribution in [0.15, 0.2) is 24.3 Å². The largest absolute Gasteiger partial charge is 0.427 e. The van der Waals surface area contributed by atoms with E-state index in [4.69, 9.17) is 4.74 Å². The van der Waals surface area contributed by atoms with Crippen LogP contribution in [0.25, 0.3) is 0 Å². The van der Waals surface area contributed by atoms with Gasteiger partial charge in [0.25, 0.3) is 0 Å². The topological polar surface area (TPSA) is 66.8 Å². The van der Waals surface area contributed by atoms with Crippen LogP contribution in [0, 0.1) is 0 Å². The molecule has 0 unspecified atom stereocenters. The maximum absolute atomic E-state index is 10.8. The summed E-state index contributed by atoms with van der Waals surface area (Å²) < 4.78 is 4.79. The summed E-state index contributed by atoms with van der Waals surface area (Å²) >= 11 is 0. The first-order valence-corrected chi connectivity index (χ1v) is 4.29. The Morgan fingerprint density at radius 1 is 1.20 bits per heavy atom. The zero-order chi connectivity index (χ0) is 11.4. The molecule has 80 valence electrons. The van der Waals surface area contributed by atoms with Crippen LogP contribution in [-0.2, 0) is 9.59 Å². The average Bonchev–Trinajstić information content (AvgIpc) is 2.17. The van der Waals surface area contributed by atoms with Gasteiger partial charge in [0.15, 0.2) is 0 Å². The molecule has 0 radical (unpaired) electrons. The second-order valence-corrected chi connectivity index (χ2v) is 2.92. The van der Waals surface area contributed by atoms with Crippen LogP contribution in [0.2, 0.25) is 0 Å². The molecule has 1 aromatic rings. The number of nitrogens with zero attached hydrogens (tertiary/aromatic N) is 1. The van der Waals surface area contributed by atoms with E-state index in [1.807, 2.05) is 0 Å². The Kier molecular flexibility index (Phi) is 3.41. The standard InChI is InChI=1S/C10H11NO4/c1-7(12)11(14)9-3-5-10(6-4-9)15-8(2)13/h3-6,14H,1-2H3. The molecule has 1 rings (SSSR count). The smallest absolute Gasteiger partial charge is 0.308 e. The highest BCUT2D eigenvalue weighted by Gasteiger charge is 2.07. The maximum Gasteiger partial charge on any atom is 0.308 e. The molecule has 0 spiro atoms. The number of esters is 1. The van der Waals surface area contributed by atoms with Gasteiger partial charge in [0.2, 0.25) is 5.91 Å². The van der Waals surface area contributed by atoms with E-state index in [2.05, 4.69) is 0 Å². The van der Waals surface area contributed by atoms with Crippen LogP contribution in [0.5, 0.6) is 5.75 Å². The Hall–Kier alpha value is -1.88. The van der Waals surface area contributed by atoms with Gasteiger partial charge in [-0.3, -0.25) is 14.8 Å². The van der Waals surface area contributed by atoms with E-state index in [9.17, 15) is 14.8 Å². The predicted octanol–water partition coefficient (Wildman–Crippen LogP) is 1.35. The molecule has 0 saturated carbocycles. The van der Waals surface area contributed by atoms with E-state index in [0.29, 0.717) is 16.5 Å². The van der Waals surface area contributed by atoms with Gasteiger partial charge in [0, 0.05) is 13.8 Å². The number of hydroxylamine groups is 1. The fourth-order valence-corrected chi connectivity index (χ4v) is 1.00. The summed E-state index contributed by atoms with van der Waals surface area (Å²) in [5.41, 5.74) is 0.318. The molecule has 0 heterocycles. The van der Waals surface area contributed by atoms with Crippen molar-refractivity contribution in [2.45, 2.75) is 13.8 Å². The van der Waals surface area contributed by atoms with Crippen LogP contribution < -0.4 is 9.80 Å². The first-order chi connectivity index (χ1) is 7.00. The van der Waals surface area contributed by atoms with E-state index < -0.39 is 11.9 Å². The predicted molar refractivity (Wildman–Crippen MR) is 52.7 cm³/mol. The van der Waals surface area contributed by atoms with Gasteiger partial charge in [-0.2, -0.15) is 5.06 Å². The zero-order valence-corrected chi connectivity index (χ0v) is 8.43. The lowest BCUT2D eigenvalue weighted by atomic mass is 10.3. The molecule has 0 aliphatic rings. The molecule has 5 heteroatoms. The van der Waals surface area contributed by atoms with E-state index >= 15 is 0 Å². The summed E-state index contributed by atoms with van der Waals surface area (Å²) in [6, 6.07) is 5.92. The molecular formula is C10H11NO4. The lowest BCUT2D eigenvalue weighted by Gasteiger charge is -2.12. The number of amides is 1. The molecule has 5 nitrogen and oxygen atoms in total. The molecule has 1 amide bonds. The van der Waals surface area contributed by atoms with E-state index in [1.165, 1.54) is 38.1 Å². The third-order valence-electron chi connectivity index (χ3n) is 1.64. The van der Waals surface area contributed by atoms with Crippen molar-refractivity contribution in [2.24, 2.45) is 0 Å². The Morgan fingerprint density at radius 2 is 1.73 bits per heavy atom. The normalized spacial score (nSPS) is 9.53. The van der Waals surface area contributed by atoms with Crippen molar-refractivity contribution in [3.8, 4) is 5.75 Å². The van der Waals surface area contributed by atoms with E-state index in [-0.39, 0.29) is 0 Å². The van der Waals surface area contributed by atoms with Crippen molar-refractivity contribution in [2.75, 3.05) is 5.06 Å². The van der Waals surface area contributed by atoms with Gasteiger partial charge in [0.1, 0.15) is 5.75 Å². The minimum Gasteiger partial charge on any atom is -0.427 e. The van der Waals surface area contributed by atoms with Gasteiger partial charge in [0.05, 0.1) is 5.69 Å². The summed E-state index contributed by atoms with van der Waals surface area (Å²) in [7, 11) is 0. The highest BCUT2D eigenvalue weighted by atomic mass is 16.5. The number of carbonyl (C=O) groups is 2. The number of hydrogen-bond acceptors (Lipinski definition) is 4. The third kappa shape index (κ3) is 3.07. The Balaban J connectivity index is 2.80. The lowest BCUT2D eigenvalue weighted by Crippen LogP contribution is -2.23. The Morgan fingerprint density at radius 3 is 2.13 bits per heavy atom. The summed E-state index contributed by atoms with van der Waals surface area (Å²) in [5, 5.41) is 9.76. The minimum atomic E-state index is -0.491. The van der Waals surface area contributed by atoms with Crippen molar-refractivity contribution in [3.05, 3.63) is 24.3 Å². The molecular weight excluding hydrogens is 198 g/mol. The first kappa shape index (κ1) is 11.2. The molecule has 1 aromatic carbocycles. The van der Waals surface area contributed by atoms with Crippen molar-refractivity contribution in [1.29, 1.82) is 0 Å². The van der Waals surface area contributed by atoms with Crippen LogP contribution >= 0.6 is 0 Å². The van der Waals surface area contributed by atoms with E-state index in [1.54, 1.807) is 0 Å². The summed E-state index contributed by atoms with van der Waals surface area (Å²) in [6.07, 6.45) is 0. The maximum atomic E-state index is 10.8. The summed E-state index contributed by atoms with van der Waals surface area (Å²) in [5.74, 6) is -0.548. The first-order valence-electron chi connectivity index (χ1n) is 4.29. The van der Waals surface area contributed by atoms with Crippen LogP contribution in [0.1, 0.15) is 13.8 Å². The molecule has 1 N–H and O–H groups in total. The van der Waals surface area contributed by atoms with Gasteiger partial charge in [-0.05, 0) is 24.3 Å². The number of carbonyl (C=O) groups excluding carboxylic acids is 2. The van der Waals surface area contributed by atoms with Crippen molar-refractivity contribution in [1.82, 2.24) is 0 Å². The molecule has 0 aromatic heterocycles. The van der Waals surface area contributed by atoms with Crippen LogP contribution in [0.3, 0.4) is 0 Å². The number of ether oxygens (including phenoxy) is 1. The molecule has 0 bridgehead atoms. The molecule has 0 fully saturated rings. The van der Waals surface area contributed by atoms with Crippen LogP contribution in [-0.4, -0.2) is 17.1 Å². The monoisotopic (exact) mass is 209 g/mol. The quantitative estimate of drug-likeness (QED) is 0.345.